The summed E-state index contributed by atoms with van der Waals surface area (Å²) in [6.45, 7) is 0. The molecule has 0 amide bonds. The van der Waals surface area contributed by atoms with Gasteiger partial charge in [-0.3, -0.25) is 0 Å². The van der Waals surface area contributed by atoms with Crippen LogP contribution in [0.25, 0.3) is 43.9 Å². The van der Waals surface area contributed by atoms with Crippen molar-refractivity contribution < 1.29 is 12.8 Å². The summed E-state index contributed by atoms with van der Waals surface area (Å²) in [6.07, 6.45) is 0. The Morgan fingerprint density at radius 3 is 2.08 bits per heavy atom. The fourth-order valence-electron chi connectivity index (χ4n) is 5.39. The van der Waals surface area contributed by atoms with E-state index < -0.39 is 9.84 Å². The average Bonchev–Trinajstić information content (AvgIpc) is 3.63. The topological polar surface area (TPSA) is 76.3 Å². The molecule has 8 heteroatoms. The number of nitrogens with zero attached hydrogens (tertiary/aromatic N) is 3. The van der Waals surface area contributed by atoms with Gasteiger partial charge >= 0.3 is 0 Å². The standard InChI is InChI=1S/C32H19N3O3S2/c36-40(37)28-14-5-2-11-25(28)35(26-12-3-6-15-29(26)40)21-18-16-20(17-19-21)32-33-31(34-39-32)24-10-7-9-23-22-8-1-4-13-27(22)38-30(23)24/h1-19H. The van der Waals surface area contributed by atoms with Crippen molar-refractivity contribution in [1.82, 2.24) is 9.36 Å². The van der Waals surface area contributed by atoms with E-state index in [4.69, 9.17) is 9.40 Å². The van der Waals surface area contributed by atoms with Crippen molar-refractivity contribution in [3.8, 4) is 22.0 Å². The quantitative estimate of drug-likeness (QED) is 0.217. The second-order valence-electron chi connectivity index (χ2n) is 9.52. The van der Waals surface area contributed by atoms with Crippen LogP contribution in [0.2, 0.25) is 0 Å². The molecule has 40 heavy (non-hydrogen) atoms. The van der Waals surface area contributed by atoms with Gasteiger partial charge in [-0.2, -0.15) is 4.37 Å². The summed E-state index contributed by atoms with van der Waals surface area (Å²) in [5.41, 5.74) is 5.52. The Hall–Kier alpha value is -4.79. The van der Waals surface area contributed by atoms with Crippen LogP contribution >= 0.6 is 11.5 Å². The summed E-state index contributed by atoms with van der Waals surface area (Å²) < 4.78 is 37.5. The molecule has 0 radical (unpaired) electrons. The summed E-state index contributed by atoms with van der Waals surface area (Å²) in [5, 5.41) is 2.90. The van der Waals surface area contributed by atoms with Crippen LogP contribution in [0.1, 0.15) is 0 Å². The van der Waals surface area contributed by atoms with Gasteiger partial charge in [0.2, 0.25) is 9.84 Å². The average molecular weight is 558 g/mol. The maximum Gasteiger partial charge on any atom is 0.210 e. The Labute approximate surface area is 233 Å². The molecule has 0 atom stereocenters. The highest BCUT2D eigenvalue weighted by molar-refractivity contribution is 7.92. The van der Waals surface area contributed by atoms with Gasteiger partial charge in [-0.15, -0.1) is 0 Å². The van der Waals surface area contributed by atoms with Crippen molar-refractivity contribution in [3.63, 3.8) is 0 Å². The Bertz CT molecular complexity index is 2150. The van der Waals surface area contributed by atoms with Gasteiger partial charge in [0, 0.05) is 22.0 Å². The van der Waals surface area contributed by atoms with Gasteiger partial charge in [-0.1, -0.05) is 54.6 Å². The maximum absolute atomic E-state index is 13.3. The van der Waals surface area contributed by atoms with Crippen LogP contribution in [-0.2, 0) is 9.84 Å². The summed E-state index contributed by atoms with van der Waals surface area (Å²) in [6, 6.07) is 36.2. The zero-order valence-corrected chi connectivity index (χ0v) is 22.5. The van der Waals surface area contributed by atoms with E-state index in [0.717, 1.165) is 43.8 Å². The SMILES string of the molecule is O=S1(=O)c2ccccc2N(c2ccc(-c3nc(-c4cccc5c4oc4ccccc45)ns3)cc2)c2ccccc21. The van der Waals surface area contributed by atoms with E-state index in [1.165, 1.54) is 11.5 Å². The molecule has 7 aromatic rings. The van der Waals surface area contributed by atoms with Gasteiger partial charge in [0.05, 0.1) is 26.7 Å². The second kappa shape index (κ2) is 8.61. The molecule has 0 aliphatic carbocycles. The minimum atomic E-state index is -3.61. The molecule has 0 spiro atoms. The molecule has 2 aromatic heterocycles. The van der Waals surface area contributed by atoms with Crippen molar-refractivity contribution >= 4 is 60.4 Å². The number of anilines is 3. The smallest absolute Gasteiger partial charge is 0.210 e. The van der Waals surface area contributed by atoms with Crippen molar-refractivity contribution in [1.29, 1.82) is 0 Å². The number of rotatable bonds is 3. The highest BCUT2D eigenvalue weighted by atomic mass is 32.2. The van der Waals surface area contributed by atoms with Crippen molar-refractivity contribution in [2.45, 2.75) is 9.79 Å². The highest BCUT2D eigenvalue weighted by Gasteiger charge is 2.34. The van der Waals surface area contributed by atoms with E-state index in [2.05, 4.69) is 16.5 Å². The van der Waals surface area contributed by atoms with Crippen LogP contribution < -0.4 is 4.90 Å². The normalized spacial score (nSPS) is 13.8. The lowest BCUT2D eigenvalue weighted by atomic mass is 10.1. The fraction of sp³-hybridized carbons (Fsp3) is 0. The number of benzene rings is 5. The third-order valence-electron chi connectivity index (χ3n) is 7.24. The lowest BCUT2D eigenvalue weighted by molar-refractivity contribution is 0.595. The molecule has 0 saturated heterocycles. The van der Waals surface area contributed by atoms with Crippen molar-refractivity contribution in [2.24, 2.45) is 0 Å². The number of furan rings is 1. The van der Waals surface area contributed by atoms with Gasteiger partial charge in [-0.05, 0) is 72.2 Å². The zero-order chi connectivity index (χ0) is 26.8. The lowest BCUT2D eigenvalue weighted by Crippen LogP contribution is -2.21. The summed E-state index contributed by atoms with van der Waals surface area (Å²) in [4.78, 5) is 7.44. The third kappa shape index (κ3) is 3.36. The summed E-state index contributed by atoms with van der Waals surface area (Å²) in [5.74, 6) is 0.623. The summed E-state index contributed by atoms with van der Waals surface area (Å²) in [7, 11) is -3.61. The number of hydrogen-bond acceptors (Lipinski definition) is 7. The van der Waals surface area contributed by atoms with Gasteiger partial charge in [0.15, 0.2) is 5.82 Å². The first-order chi connectivity index (χ1) is 19.6. The van der Waals surface area contributed by atoms with E-state index in [-0.39, 0.29) is 0 Å². The molecule has 0 bridgehead atoms. The van der Waals surface area contributed by atoms with Gasteiger partial charge in [0.1, 0.15) is 16.2 Å². The van der Waals surface area contributed by atoms with Gasteiger partial charge in [-0.25, -0.2) is 13.4 Å². The molecule has 192 valence electrons. The molecule has 0 unspecified atom stereocenters. The Morgan fingerprint density at radius 2 is 1.32 bits per heavy atom. The minimum Gasteiger partial charge on any atom is -0.455 e. The first-order valence-corrected chi connectivity index (χ1v) is 14.9. The molecule has 0 fully saturated rings. The van der Waals surface area contributed by atoms with Crippen LogP contribution in [-0.4, -0.2) is 17.8 Å². The lowest BCUT2D eigenvalue weighted by Gasteiger charge is -2.32. The number of para-hydroxylation sites is 4. The Balaban J connectivity index is 1.19. The van der Waals surface area contributed by atoms with E-state index in [1.807, 2.05) is 83.8 Å². The monoisotopic (exact) mass is 557 g/mol. The van der Waals surface area contributed by atoms with Crippen molar-refractivity contribution in [2.75, 3.05) is 4.90 Å². The molecular weight excluding hydrogens is 539 g/mol. The van der Waals surface area contributed by atoms with Crippen LogP contribution in [0.15, 0.2) is 129 Å². The number of sulfone groups is 1. The molecule has 1 aliphatic rings. The summed E-state index contributed by atoms with van der Waals surface area (Å²) >= 11 is 1.34. The molecule has 0 N–H and O–H groups in total. The van der Waals surface area contributed by atoms with Crippen LogP contribution in [0.4, 0.5) is 17.1 Å². The first-order valence-electron chi connectivity index (χ1n) is 12.7. The molecule has 6 nitrogen and oxygen atoms in total. The van der Waals surface area contributed by atoms with E-state index in [0.29, 0.717) is 27.0 Å². The molecule has 1 aliphatic heterocycles. The Kier molecular flexibility index (Phi) is 4.98. The van der Waals surface area contributed by atoms with E-state index in [1.54, 1.807) is 24.3 Å². The number of aromatic nitrogens is 2. The van der Waals surface area contributed by atoms with Crippen LogP contribution in [0.5, 0.6) is 0 Å². The second-order valence-corrected chi connectivity index (χ2v) is 12.2. The highest BCUT2D eigenvalue weighted by Crippen LogP contribution is 2.48. The van der Waals surface area contributed by atoms with Gasteiger partial charge < -0.3 is 9.32 Å². The van der Waals surface area contributed by atoms with Crippen LogP contribution in [0.3, 0.4) is 0 Å². The van der Waals surface area contributed by atoms with E-state index >= 15 is 0 Å². The minimum absolute atomic E-state index is 0.298. The van der Waals surface area contributed by atoms with Gasteiger partial charge in [0.25, 0.3) is 0 Å². The molecule has 5 aromatic carbocycles. The molecular formula is C32H19N3O3S2. The Morgan fingerprint density at radius 1 is 0.675 bits per heavy atom. The van der Waals surface area contributed by atoms with Crippen LogP contribution in [0, 0.1) is 0 Å². The van der Waals surface area contributed by atoms with E-state index in [9.17, 15) is 8.42 Å². The first kappa shape index (κ1) is 23.1. The number of fused-ring (bicyclic) bond motifs is 5. The molecule has 0 saturated carbocycles. The molecule has 3 heterocycles. The largest absolute Gasteiger partial charge is 0.455 e. The van der Waals surface area contributed by atoms with Crippen molar-refractivity contribution in [3.05, 3.63) is 115 Å². The maximum atomic E-state index is 13.3. The third-order valence-corrected chi connectivity index (χ3v) is 9.85. The fourth-order valence-corrected chi connectivity index (χ4v) is 7.69. The zero-order valence-electron chi connectivity index (χ0n) is 20.9. The molecule has 8 rings (SSSR count). The predicted molar refractivity (Wildman–Crippen MR) is 158 cm³/mol. The number of hydrogen-bond donors (Lipinski definition) is 0. The predicted octanol–water partition coefficient (Wildman–Crippen LogP) is 8.39.